The maximum Gasteiger partial charge on any atom is 0.339 e. The number of rotatable bonds is 6. The molecule has 0 aliphatic rings. The van der Waals surface area contributed by atoms with Gasteiger partial charge in [-0.3, -0.25) is 9.78 Å². The van der Waals surface area contributed by atoms with Gasteiger partial charge in [-0.2, -0.15) is 0 Å². The van der Waals surface area contributed by atoms with Crippen molar-refractivity contribution in [3.63, 3.8) is 0 Å². The number of esters is 1. The van der Waals surface area contributed by atoms with Gasteiger partial charge in [0.2, 0.25) is 5.78 Å². The van der Waals surface area contributed by atoms with Crippen molar-refractivity contribution in [2.24, 2.45) is 0 Å². The molecule has 8 heteroatoms. The van der Waals surface area contributed by atoms with Crippen LogP contribution in [0.15, 0.2) is 77.5 Å². The van der Waals surface area contributed by atoms with Crippen LogP contribution in [0.4, 0.5) is 0 Å². The number of ketones is 1. The number of Topliss-reactive ketones (excluding diaryl/α,β-unsaturated/α-hetero) is 1. The number of hydrogen-bond acceptors (Lipinski definition) is 6. The summed E-state index contributed by atoms with van der Waals surface area (Å²) in [7, 11) is 0. The lowest BCUT2D eigenvalue weighted by molar-refractivity contribution is 0.0244. The first-order valence-electron chi connectivity index (χ1n) is 8.81. The Balaban J connectivity index is 1.65. The maximum absolute atomic E-state index is 13.1. The van der Waals surface area contributed by atoms with E-state index in [2.05, 4.69) is 31.2 Å². The third kappa shape index (κ3) is 4.22. The van der Waals surface area contributed by atoms with Crippen LogP contribution in [0.25, 0.3) is 11.0 Å². The summed E-state index contributed by atoms with van der Waals surface area (Å²) in [6.45, 7) is 0.0479. The van der Waals surface area contributed by atoms with Crippen molar-refractivity contribution in [1.82, 2.24) is 20.0 Å². The Morgan fingerprint density at radius 3 is 2.45 bits per heavy atom. The second-order valence-corrected chi connectivity index (χ2v) is 7.18. The molecule has 0 saturated carbocycles. The fourth-order valence-corrected chi connectivity index (χ4v) is 3.13. The lowest BCUT2D eigenvalue weighted by Crippen LogP contribution is -2.32. The average Bonchev–Trinajstić information content (AvgIpc) is 3.17. The number of ether oxygens (including phenoxy) is 1. The number of pyridine rings is 1. The molecule has 0 spiro atoms. The van der Waals surface area contributed by atoms with Crippen LogP contribution in [0.2, 0.25) is 0 Å². The van der Waals surface area contributed by atoms with E-state index in [1.165, 1.54) is 24.5 Å². The molecule has 2 heterocycles. The molecule has 0 aliphatic heterocycles. The third-order valence-electron chi connectivity index (χ3n) is 4.35. The number of halogens is 1. The van der Waals surface area contributed by atoms with Crippen LogP contribution < -0.4 is 0 Å². The smallest absolute Gasteiger partial charge is 0.339 e. The highest BCUT2D eigenvalue weighted by molar-refractivity contribution is 9.10. The normalized spacial score (nSPS) is 11.9. The summed E-state index contributed by atoms with van der Waals surface area (Å²) in [5.41, 5.74) is 2.20. The zero-order chi connectivity index (χ0) is 20.2. The predicted molar refractivity (Wildman–Crippen MR) is 109 cm³/mol. The van der Waals surface area contributed by atoms with Gasteiger partial charge < -0.3 is 4.74 Å². The van der Waals surface area contributed by atoms with Gasteiger partial charge in [-0.25, -0.2) is 9.48 Å². The summed E-state index contributed by atoms with van der Waals surface area (Å²) in [5, 5.41) is 8.21. The highest BCUT2D eigenvalue weighted by atomic mass is 79.9. The molecule has 0 aliphatic carbocycles. The van der Waals surface area contributed by atoms with Crippen LogP contribution in [-0.2, 0) is 11.3 Å². The first-order chi connectivity index (χ1) is 14.1. The largest absolute Gasteiger partial charge is 0.448 e. The van der Waals surface area contributed by atoms with E-state index in [0.717, 1.165) is 9.99 Å². The molecule has 0 fully saturated rings. The minimum Gasteiger partial charge on any atom is -0.448 e. The lowest BCUT2D eigenvalue weighted by atomic mass is 10.1. The molecule has 0 amide bonds. The number of para-hydroxylation sites is 1. The highest BCUT2D eigenvalue weighted by Gasteiger charge is 2.26. The molecule has 4 rings (SSSR count). The Morgan fingerprint density at radius 1 is 0.966 bits per heavy atom. The van der Waals surface area contributed by atoms with Crippen molar-refractivity contribution in [3.05, 3.63) is 88.7 Å². The Morgan fingerprint density at radius 2 is 1.69 bits per heavy atom. The molecule has 1 unspecified atom stereocenters. The Bertz CT molecular complexity index is 1160. The van der Waals surface area contributed by atoms with Gasteiger partial charge >= 0.3 is 5.97 Å². The highest BCUT2D eigenvalue weighted by Crippen LogP contribution is 2.17. The quantitative estimate of drug-likeness (QED) is 0.328. The van der Waals surface area contributed by atoms with Crippen LogP contribution in [0.3, 0.4) is 0 Å². The molecule has 29 heavy (non-hydrogen) atoms. The fraction of sp³-hybridized carbons (Fsp3) is 0.0952. The molecule has 2 aromatic carbocycles. The molecule has 0 N–H and O–H groups in total. The molecular formula is C21H15BrN4O3. The average molecular weight is 451 g/mol. The molecule has 4 aromatic rings. The monoisotopic (exact) mass is 450 g/mol. The van der Waals surface area contributed by atoms with Gasteiger partial charge in [0.15, 0.2) is 6.10 Å². The number of carbonyl (C=O) groups is 2. The van der Waals surface area contributed by atoms with Crippen LogP contribution in [-0.4, -0.2) is 37.8 Å². The van der Waals surface area contributed by atoms with E-state index in [4.69, 9.17) is 4.74 Å². The van der Waals surface area contributed by atoms with Gasteiger partial charge in [0.05, 0.1) is 17.6 Å². The maximum atomic E-state index is 13.1. The van der Waals surface area contributed by atoms with E-state index in [0.29, 0.717) is 16.6 Å². The number of benzene rings is 2. The van der Waals surface area contributed by atoms with Gasteiger partial charge in [-0.15, -0.1) is 5.10 Å². The third-order valence-corrected chi connectivity index (χ3v) is 4.87. The van der Waals surface area contributed by atoms with Gasteiger partial charge in [-0.05, 0) is 36.4 Å². The van der Waals surface area contributed by atoms with Crippen molar-refractivity contribution in [3.8, 4) is 0 Å². The number of aromatic nitrogens is 4. The second-order valence-electron chi connectivity index (χ2n) is 6.26. The molecule has 0 saturated heterocycles. The van der Waals surface area contributed by atoms with E-state index in [1.807, 2.05) is 24.3 Å². The van der Waals surface area contributed by atoms with Crippen molar-refractivity contribution < 1.29 is 14.3 Å². The molecule has 1 atom stereocenters. The fourth-order valence-electron chi connectivity index (χ4n) is 2.87. The zero-order valence-corrected chi connectivity index (χ0v) is 16.7. The van der Waals surface area contributed by atoms with Gasteiger partial charge in [0, 0.05) is 22.4 Å². The molecule has 0 radical (unpaired) electrons. The SMILES string of the molecule is O=C(OC(Cn1nnc2ccccc21)C(=O)c1ccc(Br)cc1)c1ccncc1. The second kappa shape index (κ2) is 8.32. The minimum atomic E-state index is -1.07. The van der Waals surface area contributed by atoms with E-state index in [9.17, 15) is 9.59 Å². The summed E-state index contributed by atoms with van der Waals surface area (Å²) in [6.07, 6.45) is 1.92. The van der Waals surface area contributed by atoms with E-state index in [1.54, 1.807) is 28.9 Å². The number of hydrogen-bond donors (Lipinski definition) is 0. The zero-order valence-electron chi connectivity index (χ0n) is 15.1. The standard InChI is InChI=1S/C21H15BrN4O3/c22-16-7-5-14(6-8-16)20(27)19(29-21(28)15-9-11-23-12-10-15)13-26-18-4-2-1-3-17(18)24-25-26/h1-12,19H,13H2. The van der Waals surface area contributed by atoms with Crippen molar-refractivity contribution in [1.29, 1.82) is 0 Å². The summed E-state index contributed by atoms with van der Waals surface area (Å²) in [4.78, 5) is 29.6. The molecule has 2 aromatic heterocycles. The summed E-state index contributed by atoms with van der Waals surface area (Å²) in [5.74, 6) is -0.924. The molecule has 0 bridgehead atoms. The van der Waals surface area contributed by atoms with Gasteiger partial charge in [0.25, 0.3) is 0 Å². The molecule has 144 valence electrons. The van der Waals surface area contributed by atoms with Crippen molar-refractivity contribution in [2.45, 2.75) is 12.6 Å². The molecule has 7 nitrogen and oxygen atoms in total. The summed E-state index contributed by atoms with van der Waals surface area (Å²) < 4.78 is 8.00. The topological polar surface area (TPSA) is 87.0 Å². The minimum absolute atomic E-state index is 0.0479. The predicted octanol–water partition coefficient (Wildman–Crippen LogP) is 3.70. The number of fused-ring (bicyclic) bond motifs is 1. The van der Waals surface area contributed by atoms with E-state index >= 15 is 0 Å². The lowest BCUT2D eigenvalue weighted by Gasteiger charge is -2.17. The Labute approximate surface area is 174 Å². The van der Waals surface area contributed by atoms with E-state index in [-0.39, 0.29) is 12.3 Å². The van der Waals surface area contributed by atoms with Crippen molar-refractivity contribution >= 4 is 38.7 Å². The van der Waals surface area contributed by atoms with Crippen LogP contribution in [0, 0.1) is 0 Å². The first-order valence-corrected chi connectivity index (χ1v) is 9.60. The van der Waals surface area contributed by atoms with Crippen LogP contribution >= 0.6 is 15.9 Å². The Kier molecular flexibility index (Phi) is 5.44. The van der Waals surface area contributed by atoms with Gasteiger partial charge in [0.1, 0.15) is 5.52 Å². The van der Waals surface area contributed by atoms with Crippen LogP contribution in [0.5, 0.6) is 0 Å². The van der Waals surface area contributed by atoms with E-state index < -0.39 is 12.1 Å². The van der Waals surface area contributed by atoms with Gasteiger partial charge in [-0.1, -0.05) is 45.4 Å². The van der Waals surface area contributed by atoms with Crippen LogP contribution in [0.1, 0.15) is 20.7 Å². The summed E-state index contributed by atoms with van der Waals surface area (Å²) >= 11 is 3.35. The summed E-state index contributed by atoms with van der Waals surface area (Å²) in [6, 6.07) is 17.3. The number of nitrogens with zero attached hydrogens (tertiary/aromatic N) is 4. The molecular weight excluding hydrogens is 436 g/mol. The van der Waals surface area contributed by atoms with Crippen molar-refractivity contribution in [2.75, 3.05) is 0 Å². The first kappa shape index (κ1) is 18.9. The number of carbonyl (C=O) groups excluding carboxylic acids is 2. The Hall–Kier alpha value is -3.39.